The zero-order valence-electron chi connectivity index (χ0n) is 13.1. The van der Waals surface area contributed by atoms with Crippen LogP contribution in [-0.2, 0) is 0 Å². The lowest BCUT2D eigenvalue weighted by Gasteiger charge is -1.98. The van der Waals surface area contributed by atoms with Gasteiger partial charge in [0.1, 0.15) is 10.0 Å². The molecule has 5 heteroatoms. The first-order chi connectivity index (χ1) is 11.8. The highest BCUT2D eigenvalue weighted by Crippen LogP contribution is 2.34. The van der Waals surface area contributed by atoms with Crippen LogP contribution in [0.15, 0.2) is 77.3 Å². The SMILES string of the molecule is CSc1nn(-c2ccccc2)cc1-c1nc(-c2ccccc2)cs1. The third kappa shape index (κ3) is 2.88. The van der Waals surface area contributed by atoms with Crippen molar-refractivity contribution in [1.82, 2.24) is 14.8 Å². The van der Waals surface area contributed by atoms with Gasteiger partial charge in [-0.3, -0.25) is 0 Å². The van der Waals surface area contributed by atoms with Gasteiger partial charge in [-0.1, -0.05) is 48.5 Å². The highest BCUT2D eigenvalue weighted by molar-refractivity contribution is 7.98. The van der Waals surface area contributed by atoms with E-state index in [1.165, 1.54) is 0 Å². The second kappa shape index (κ2) is 6.63. The van der Waals surface area contributed by atoms with Crippen molar-refractivity contribution in [2.24, 2.45) is 0 Å². The topological polar surface area (TPSA) is 30.7 Å². The number of benzene rings is 2. The van der Waals surface area contributed by atoms with Gasteiger partial charge < -0.3 is 0 Å². The zero-order valence-corrected chi connectivity index (χ0v) is 14.7. The van der Waals surface area contributed by atoms with Crippen LogP contribution >= 0.6 is 23.1 Å². The molecule has 0 aliphatic heterocycles. The Morgan fingerprint density at radius 1 is 0.958 bits per heavy atom. The summed E-state index contributed by atoms with van der Waals surface area (Å²) < 4.78 is 1.92. The van der Waals surface area contributed by atoms with E-state index in [4.69, 9.17) is 10.1 Å². The summed E-state index contributed by atoms with van der Waals surface area (Å²) in [5.74, 6) is 0. The van der Waals surface area contributed by atoms with Crippen LogP contribution < -0.4 is 0 Å². The van der Waals surface area contributed by atoms with E-state index in [1.807, 2.05) is 47.3 Å². The maximum atomic E-state index is 4.82. The van der Waals surface area contributed by atoms with Gasteiger partial charge in [0.15, 0.2) is 0 Å². The third-order valence-corrected chi connectivity index (χ3v) is 5.26. The summed E-state index contributed by atoms with van der Waals surface area (Å²) in [4.78, 5) is 4.82. The molecule has 0 amide bonds. The number of nitrogens with zero attached hydrogens (tertiary/aromatic N) is 3. The van der Waals surface area contributed by atoms with Crippen molar-refractivity contribution in [3.63, 3.8) is 0 Å². The van der Waals surface area contributed by atoms with Crippen LogP contribution in [0, 0.1) is 0 Å². The minimum atomic E-state index is 0.993. The molecule has 0 saturated heterocycles. The van der Waals surface area contributed by atoms with Gasteiger partial charge in [0, 0.05) is 17.1 Å². The van der Waals surface area contributed by atoms with Crippen molar-refractivity contribution >= 4 is 23.1 Å². The van der Waals surface area contributed by atoms with Gasteiger partial charge in [0.25, 0.3) is 0 Å². The Kier molecular flexibility index (Phi) is 4.19. The Hall–Kier alpha value is -2.37. The molecule has 0 fully saturated rings. The van der Waals surface area contributed by atoms with E-state index in [0.717, 1.165) is 32.5 Å². The third-order valence-electron chi connectivity index (χ3n) is 3.70. The lowest BCUT2D eigenvalue weighted by atomic mass is 10.2. The summed E-state index contributed by atoms with van der Waals surface area (Å²) in [5.41, 5.74) is 4.29. The number of rotatable bonds is 4. The van der Waals surface area contributed by atoms with Gasteiger partial charge in [-0.2, -0.15) is 5.10 Å². The van der Waals surface area contributed by atoms with E-state index in [9.17, 15) is 0 Å². The fourth-order valence-electron chi connectivity index (χ4n) is 2.51. The quantitative estimate of drug-likeness (QED) is 0.463. The van der Waals surface area contributed by atoms with E-state index in [0.29, 0.717) is 0 Å². The Bertz CT molecular complexity index is 943. The number of thioether (sulfide) groups is 1. The largest absolute Gasteiger partial charge is 0.239 e. The predicted octanol–water partition coefficient (Wildman–Crippen LogP) is 5.38. The molecule has 4 rings (SSSR count). The van der Waals surface area contributed by atoms with Gasteiger partial charge in [0.05, 0.1) is 16.9 Å². The number of para-hydroxylation sites is 1. The summed E-state index contributed by atoms with van der Waals surface area (Å²) in [5, 5.41) is 8.80. The van der Waals surface area contributed by atoms with E-state index >= 15 is 0 Å². The van der Waals surface area contributed by atoms with Crippen LogP contribution in [0.1, 0.15) is 0 Å². The lowest BCUT2D eigenvalue weighted by molar-refractivity contribution is 0.838. The summed E-state index contributed by atoms with van der Waals surface area (Å²) in [6.45, 7) is 0. The molecule has 118 valence electrons. The van der Waals surface area contributed by atoms with Crippen LogP contribution in [0.3, 0.4) is 0 Å². The van der Waals surface area contributed by atoms with E-state index in [1.54, 1.807) is 23.1 Å². The molecule has 4 aromatic rings. The van der Waals surface area contributed by atoms with Gasteiger partial charge >= 0.3 is 0 Å². The molecule has 0 unspecified atom stereocenters. The molecule has 0 spiro atoms. The lowest BCUT2D eigenvalue weighted by Crippen LogP contribution is -1.93. The fourth-order valence-corrected chi connectivity index (χ4v) is 3.95. The van der Waals surface area contributed by atoms with Crippen molar-refractivity contribution < 1.29 is 0 Å². The molecule has 0 saturated carbocycles. The summed E-state index contributed by atoms with van der Waals surface area (Å²) in [6, 6.07) is 20.4. The first-order valence-electron chi connectivity index (χ1n) is 7.55. The maximum absolute atomic E-state index is 4.82. The zero-order chi connectivity index (χ0) is 16.4. The standard InChI is InChI=1S/C19H15N3S2/c1-23-19-16(12-22(21-19)15-10-6-3-7-11-15)18-20-17(13-24-18)14-8-4-2-5-9-14/h2-13H,1H3. The van der Waals surface area contributed by atoms with Crippen LogP contribution in [0.2, 0.25) is 0 Å². The van der Waals surface area contributed by atoms with E-state index < -0.39 is 0 Å². The van der Waals surface area contributed by atoms with Gasteiger partial charge in [-0.05, 0) is 18.4 Å². The van der Waals surface area contributed by atoms with Crippen LogP contribution in [0.25, 0.3) is 27.5 Å². The maximum Gasteiger partial charge on any atom is 0.129 e. The number of thiazole rings is 1. The van der Waals surface area contributed by atoms with Crippen molar-refractivity contribution in [2.45, 2.75) is 5.03 Å². The van der Waals surface area contributed by atoms with Gasteiger partial charge in [0.2, 0.25) is 0 Å². The second-order valence-electron chi connectivity index (χ2n) is 5.24. The van der Waals surface area contributed by atoms with Crippen molar-refractivity contribution in [3.8, 4) is 27.5 Å². The van der Waals surface area contributed by atoms with Crippen LogP contribution in [0.5, 0.6) is 0 Å². The molecule has 0 aliphatic carbocycles. The molecule has 2 heterocycles. The monoisotopic (exact) mass is 349 g/mol. The minimum Gasteiger partial charge on any atom is -0.239 e. The molecule has 2 aromatic carbocycles. The van der Waals surface area contributed by atoms with E-state index in [2.05, 4.69) is 35.8 Å². The Morgan fingerprint density at radius 3 is 2.38 bits per heavy atom. The molecular formula is C19H15N3S2. The molecule has 0 atom stereocenters. The van der Waals surface area contributed by atoms with Gasteiger partial charge in [-0.25, -0.2) is 9.67 Å². The fraction of sp³-hybridized carbons (Fsp3) is 0.0526. The molecular weight excluding hydrogens is 334 g/mol. The molecule has 2 aromatic heterocycles. The average molecular weight is 349 g/mol. The first-order valence-corrected chi connectivity index (χ1v) is 9.66. The molecule has 0 N–H and O–H groups in total. The highest BCUT2D eigenvalue weighted by Gasteiger charge is 2.15. The number of aromatic nitrogens is 3. The normalized spacial score (nSPS) is 10.9. The van der Waals surface area contributed by atoms with Crippen molar-refractivity contribution in [1.29, 1.82) is 0 Å². The Labute approximate surface area is 149 Å². The van der Waals surface area contributed by atoms with Crippen molar-refractivity contribution in [3.05, 3.63) is 72.2 Å². The molecule has 24 heavy (non-hydrogen) atoms. The number of hydrogen-bond donors (Lipinski definition) is 0. The van der Waals surface area contributed by atoms with Gasteiger partial charge in [-0.15, -0.1) is 23.1 Å². The Morgan fingerprint density at radius 2 is 1.67 bits per heavy atom. The molecule has 0 aliphatic rings. The first kappa shape index (κ1) is 15.2. The summed E-state index contributed by atoms with van der Waals surface area (Å²) in [7, 11) is 0. The Balaban J connectivity index is 1.74. The number of hydrogen-bond acceptors (Lipinski definition) is 4. The smallest absolute Gasteiger partial charge is 0.129 e. The predicted molar refractivity (Wildman–Crippen MR) is 102 cm³/mol. The average Bonchev–Trinajstić information content (AvgIpc) is 3.30. The molecule has 3 nitrogen and oxygen atoms in total. The minimum absolute atomic E-state index is 0.993. The molecule has 0 bridgehead atoms. The van der Waals surface area contributed by atoms with E-state index in [-0.39, 0.29) is 0 Å². The van der Waals surface area contributed by atoms with Crippen molar-refractivity contribution in [2.75, 3.05) is 6.26 Å². The van der Waals surface area contributed by atoms with Crippen LogP contribution in [-0.4, -0.2) is 21.0 Å². The summed E-state index contributed by atoms with van der Waals surface area (Å²) in [6.07, 6.45) is 4.11. The highest BCUT2D eigenvalue weighted by atomic mass is 32.2. The second-order valence-corrected chi connectivity index (χ2v) is 6.89. The van der Waals surface area contributed by atoms with Crippen LogP contribution in [0.4, 0.5) is 0 Å². The molecule has 0 radical (unpaired) electrons. The summed E-state index contributed by atoms with van der Waals surface area (Å²) >= 11 is 3.30.